The molecule has 1 atom stereocenters. The molecule has 2 aromatic rings. The zero-order valence-electron chi connectivity index (χ0n) is 8.80. The Labute approximate surface area is 94.7 Å². The first-order valence-electron chi connectivity index (χ1n) is 5.37. The standard InChI is InChI=1S/C15H12O/c16-15(13-7-2-1-3-8-13)11-10-12-6-4-5-9-14(12)15/h1-11,16H. The van der Waals surface area contributed by atoms with E-state index in [1.807, 2.05) is 66.7 Å². The lowest BCUT2D eigenvalue weighted by Gasteiger charge is -2.23. The van der Waals surface area contributed by atoms with Gasteiger partial charge in [-0.1, -0.05) is 60.7 Å². The lowest BCUT2D eigenvalue weighted by Crippen LogP contribution is -2.22. The predicted octanol–water partition coefficient (Wildman–Crippen LogP) is 2.95. The molecule has 0 fully saturated rings. The molecule has 16 heavy (non-hydrogen) atoms. The summed E-state index contributed by atoms with van der Waals surface area (Å²) in [7, 11) is 0. The molecule has 0 amide bonds. The first-order chi connectivity index (χ1) is 7.81. The largest absolute Gasteiger partial charge is 0.377 e. The lowest BCUT2D eigenvalue weighted by molar-refractivity contribution is 0.138. The number of aliphatic hydroxyl groups is 1. The Morgan fingerprint density at radius 2 is 1.50 bits per heavy atom. The van der Waals surface area contributed by atoms with Crippen LogP contribution in [0, 0.1) is 0 Å². The van der Waals surface area contributed by atoms with E-state index < -0.39 is 5.60 Å². The van der Waals surface area contributed by atoms with Gasteiger partial charge in [0.15, 0.2) is 0 Å². The summed E-state index contributed by atoms with van der Waals surface area (Å²) >= 11 is 0. The Kier molecular flexibility index (Phi) is 1.95. The first-order valence-corrected chi connectivity index (χ1v) is 5.37. The van der Waals surface area contributed by atoms with Crippen LogP contribution in [0.4, 0.5) is 0 Å². The molecular weight excluding hydrogens is 196 g/mol. The topological polar surface area (TPSA) is 20.2 Å². The van der Waals surface area contributed by atoms with Gasteiger partial charge in [0.25, 0.3) is 0 Å². The molecule has 0 aromatic heterocycles. The van der Waals surface area contributed by atoms with Crippen LogP contribution in [0.5, 0.6) is 0 Å². The van der Waals surface area contributed by atoms with E-state index in [0.717, 1.165) is 16.7 Å². The molecule has 3 rings (SSSR count). The molecule has 1 aliphatic carbocycles. The molecule has 0 aliphatic heterocycles. The molecule has 1 nitrogen and oxygen atoms in total. The summed E-state index contributed by atoms with van der Waals surface area (Å²) in [4.78, 5) is 0. The summed E-state index contributed by atoms with van der Waals surface area (Å²) in [6.45, 7) is 0. The maximum absolute atomic E-state index is 10.7. The number of fused-ring (bicyclic) bond motifs is 1. The SMILES string of the molecule is OC1(c2ccccc2)C=Cc2ccccc21. The quantitative estimate of drug-likeness (QED) is 0.764. The summed E-state index contributed by atoms with van der Waals surface area (Å²) in [5.74, 6) is 0. The molecule has 0 spiro atoms. The molecule has 2 aromatic carbocycles. The Morgan fingerprint density at radius 3 is 2.31 bits per heavy atom. The summed E-state index contributed by atoms with van der Waals surface area (Å²) in [5, 5.41) is 10.7. The number of hydrogen-bond acceptors (Lipinski definition) is 1. The normalized spacial score (nSPS) is 22.1. The van der Waals surface area contributed by atoms with E-state index in [1.54, 1.807) is 0 Å². The summed E-state index contributed by atoms with van der Waals surface area (Å²) < 4.78 is 0. The van der Waals surface area contributed by atoms with E-state index in [1.165, 1.54) is 0 Å². The third-order valence-electron chi connectivity index (χ3n) is 3.09. The van der Waals surface area contributed by atoms with E-state index in [9.17, 15) is 5.11 Å². The molecule has 1 heteroatoms. The van der Waals surface area contributed by atoms with E-state index in [0.29, 0.717) is 0 Å². The first kappa shape index (κ1) is 9.37. The highest BCUT2D eigenvalue weighted by atomic mass is 16.3. The van der Waals surface area contributed by atoms with Crippen LogP contribution in [-0.4, -0.2) is 5.11 Å². The second-order valence-electron chi connectivity index (χ2n) is 4.05. The van der Waals surface area contributed by atoms with Gasteiger partial charge in [0, 0.05) is 0 Å². The minimum atomic E-state index is -0.960. The van der Waals surface area contributed by atoms with Crippen LogP contribution in [0.1, 0.15) is 16.7 Å². The molecule has 0 heterocycles. The molecule has 1 aliphatic rings. The maximum atomic E-state index is 10.7. The van der Waals surface area contributed by atoms with Gasteiger partial charge in [0.1, 0.15) is 5.60 Å². The second-order valence-corrected chi connectivity index (χ2v) is 4.05. The van der Waals surface area contributed by atoms with Crippen molar-refractivity contribution in [3.8, 4) is 0 Å². The second kappa shape index (κ2) is 3.32. The van der Waals surface area contributed by atoms with E-state index in [-0.39, 0.29) is 0 Å². The lowest BCUT2D eigenvalue weighted by atomic mass is 9.88. The third-order valence-corrected chi connectivity index (χ3v) is 3.09. The molecule has 0 saturated heterocycles. The molecule has 0 radical (unpaired) electrons. The van der Waals surface area contributed by atoms with Gasteiger partial charge in [0.05, 0.1) is 0 Å². The highest BCUT2D eigenvalue weighted by molar-refractivity contribution is 5.67. The third kappa shape index (κ3) is 1.22. The van der Waals surface area contributed by atoms with Gasteiger partial charge in [-0.2, -0.15) is 0 Å². The number of benzene rings is 2. The van der Waals surface area contributed by atoms with Crippen molar-refractivity contribution < 1.29 is 5.11 Å². The monoisotopic (exact) mass is 208 g/mol. The van der Waals surface area contributed by atoms with Crippen molar-refractivity contribution in [1.82, 2.24) is 0 Å². The molecular formula is C15H12O. The van der Waals surface area contributed by atoms with Crippen molar-refractivity contribution in [3.05, 3.63) is 77.4 Å². The Morgan fingerprint density at radius 1 is 0.812 bits per heavy atom. The van der Waals surface area contributed by atoms with Crippen LogP contribution < -0.4 is 0 Å². The van der Waals surface area contributed by atoms with Gasteiger partial charge >= 0.3 is 0 Å². The van der Waals surface area contributed by atoms with Crippen molar-refractivity contribution in [2.75, 3.05) is 0 Å². The van der Waals surface area contributed by atoms with Crippen molar-refractivity contribution in [2.24, 2.45) is 0 Å². The summed E-state index contributed by atoms with van der Waals surface area (Å²) in [5.41, 5.74) is 2.00. The van der Waals surface area contributed by atoms with Gasteiger partial charge in [-0.3, -0.25) is 0 Å². The highest BCUT2D eigenvalue weighted by Gasteiger charge is 2.33. The Bertz CT molecular complexity index is 542. The predicted molar refractivity (Wildman–Crippen MR) is 64.9 cm³/mol. The van der Waals surface area contributed by atoms with Gasteiger partial charge in [0.2, 0.25) is 0 Å². The Hall–Kier alpha value is -1.86. The number of hydrogen-bond donors (Lipinski definition) is 1. The van der Waals surface area contributed by atoms with Gasteiger partial charge in [-0.05, 0) is 22.8 Å². The van der Waals surface area contributed by atoms with Gasteiger partial charge in [-0.25, -0.2) is 0 Å². The molecule has 1 N–H and O–H groups in total. The van der Waals surface area contributed by atoms with Crippen molar-refractivity contribution >= 4 is 6.08 Å². The molecule has 0 saturated carbocycles. The minimum absolute atomic E-state index is 0.913. The fourth-order valence-electron chi connectivity index (χ4n) is 2.23. The maximum Gasteiger partial charge on any atom is 0.134 e. The van der Waals surface area contributed by atoms with Crippen LogP contribution in [0.25, 0.3) is 6.08 Å². The van der Waals surface area contributed by atoms with Crippen molar-refractivity contribution in [1.29, 1.82) is 0 Å². The average Bonchev–Trinajstić information content (AvgIpc) is 2.71. The number of rotatable bonds is 1. The molecule has 0 bridgehead atoms. The van der Waals surface area contributed by atoms with Crippen LogP contribution in [0.15, 0.2) is 60.7 Å². The molecule has 78 valence electrons. The van der Waals surface area contributed by atoms with E-state index in [4.69, 9.17) is 0 Å². The van der Waals surface area contributed by atoms with E-state index >= 15 is 0 Å². The molecule has 1 unspecified atom stereocenters. The summed E-state index contributed by atoms with van der Waals surface area (Å²) in [6.07, 6.45) is 3.83. The zero-order chi connectivity index (χ0) is 11.0. The smallest absolute Gasteiger partial charge is 0.134 e. The summed E-state index contributed by atoms with van der Waals surface area (Å²) in [6, 6.07) is 17.7. The highest BCUT2D eigenvalue weighted by Crippen LogP contribution is 2.38. The van der Waals surface area contributed by atoms with Crippen molar-refractivity contribution in [2.45, 2.75) is 5.60 Å². The van der Waals surface area contributed by atoms with Gasteiger partial charge in [-0.15, -0.1) is 0 Å². The fourth-order valence-corrected chi connectivity index (χ4v) is 2.23. The van der Waals surface area contributed by atoms with Crippen LogP contribution in [0.2, 0.25) is 0 Å². The Balaban J connectivity index is 2.19. The van der Waals surface area contributed by atoms with Crippen LogP contribution >= 0.6 is 0 Å². The van der Waals surface area contributed by atoms with Crippen LogP contribution in [-0.2, 0) is 5.60 Å². The zero-order valence-corrected chi connectivity index (χ0v) is 8.80. The van der Waals surface area contributed by atoms with Gasteiger partial charge < -0.3 is 5.11 Å². The minimum Gasteiger partial charge on any atom is -0.377 e. The van der Waals surface area contributed by atoms with Crippen LogP contribution in [0.3, 0.4) is 0 Å². The average molecular weight is 208 g/mol. The fraction of sp³-hybridized carbons (Fsp3) is 0.0667. The van der Waals surface area contributed by atoms with E-state index in [2.05, 4.69) is 0 Å². The van der Waals surface area contributed by atoms with Crippen molar-refractivity contribution in [3.63, 3.8) is 0 Å².